The summed E-state index contributed by atoms with van der Waals surface area (Å²) in [6.07, 6.45) is 4.00. The fraction of sp³-hybridized carbons (Fsp3) is 0.0714. The van der Waals surface area contributed by atoms with Crippen LogP contribution in [0.25, 0.3) is 0 Å². The molecule has 1 heterocycles. The van der Waals surface area contributed by atoms with Gasteiger partial charge in [0, 0.05) is 29.6 Å². The van der Waals surface area contributed by atoms with E-state index in [0.717, 1.165) is 18.3 Å². The second-order valence-corrected chi connectivity index (χ2v) is 4.28. The van der Waals surface area contributed by atoms with Crippen LogP contribution in [0.4, 0.5) is 5.69 Å². The summed E-state index contributed by atoms with van der Waals surface area (Å²) in [7, 11) is 1.27. The lowest BCUT2D eigenvalue weighted by molar-refractivity contribution is -0.385. The Morgan fingerprint density at radius 3 is 2.74 bits per heavy atom. The van der Waals surface area contributed by atoms with Crippen molar-refractivity contribution < 1.29 is 19.6 Å². The summed E-state index contributed by atoms with van der Waals surface area (Å²) in [6, 6.07) is 5.19. The summed E-state index contributed by atoms with van der Waals surface area (Å²) in [6.45, 7) is 0. The molecule has 0 bridgehead atoms. The van der Waals surface area contributed by atoms with E-state index in [1.807, 2.05) is 0 Å². The van der Waals surface area contributed by atoms with Gasteiger partial charge in [0.25, 0.3) is 11.6 Å². The first-order chi connectivity index (χ1) is 11.0. The molecule has 23 heavy (non-hydrogen) atoms. The van der Waals surface area contributed by atoms with Crippen molar-refractivity contribution in [2.75, 3.05) is 7.11 Å². The van der Waals surface area contributed by atoms with E-state index in [1.165, 1.54) is 31.6 Å². The highest BCUT2D eigenvalue weighted by Crippen LogP contribution is 2.33. The largest absolute Gasteiger partial charge is 0.504 e. The van der Waals surface area contributed by atoms with Crippen molar-refractivity contribution in [2.24, 2.45) is 5.10 Å². The molecule has 1 aromatic heterocycles. The summed E-state index contributed by atoms with van der Waals surface area (Å²) in [5.74, 6) is -0.873. The van der Waals surface area contributed by atoms with E-state index in [4.69, 9.17) is 4.74 Å². The Morgan fingerprint density at radius 2 is 2.13 bits per heavy atom. The molecule has 2 aromatic rings. The molecule has 2 N–H and O–H groups in total. The average Bonchev–Trinajstić information content (AvgIpc) is 2.56. The number of hydrogen-bond donors (Lipinski definition) is 2. The van der Waals surface area contributed by atoms with Crippen LogP contribution < -0.4 is 10.2 Å². The molecule has 1 aromatic carbocycles. The highest BCUT2D eigenvalue weighted by atomic mass is 16.6. The molecule has 118 valence electrons. The van der Waals surface area contributed by atoms with Gasteiger partial charge in [-0.1, -0.05) is 0 Å². The van der Waals surface area contributed by atoms with E-state index < -0.39 is 10.8 Å². The van der Waals surface area contributed by atoms with E-state index in [2.05, 4.69) is 15.5 Å². The van der Waals surface area contributed by atoms with Crippen LogP contribution in [0.3, 0.4) is 0 Å². The molecule has 1 amide bonds. The average molecular weight is 316 g/mol. The first-order valence-corrected chi connectivity index (χ1v) is 6.31. The molecule has 9 nitrogen and oxygen atoms in total. The minimum Gasteiger partial charge on any atom is -0.504 e. The maximum Gasteiger partial charge on any atom is 0.274 e. The molecule has 0 aliphatic carbocycles. The number of amides is 1. The number of aromatic hydroxyl groups is 1. The molecule has 0 aliphatic heterocycles. The number of pyridine rings is 1. The number of hydrogen-bond acceptors (Lipinski definition) is 7. The smallest absolute Gasteiger partial charge is 0.274 e. The number of carbonyl (C=O) groups is 1. The van der Waals surface area contributed by atoms with Gasteiger partial charge in [-0.05, 0) is 12.1 Å². The summed E-state index contributed by atoms with van der Waals surface area (Å²) < 4.78 is 4.86. The third-order valence-electron chi connectivity index (χ3n) is 2.83. The van der Waals surface area contributed by atoms with E-state index >= 15 is 0 Å². The number of nitro groups is 1. The number of phenols is 1. The van der Waals surface area contributed by atoms with Crippen LogP contribution in [0.1, 0.15) is 15.9 Å². The fourth-order valence-electron chi connectivity index (χ4n) is 1.70. The number of hydrazone groups is 1. The molecule has 0 saturated carbocycles. The van der Waals surface area contributed by atoms with Crippen LogP contribution in [0.2, 0.25) is 0 Å². The van der Waals surface area contributed by atoms with Crippen molar-refractivity contribution in [2.45, 2.75) is 0 Å². The van der Waals surface area contributed by atoms with Gasteiger partial charge in [-0.2, -0.15) is 5.10 Å². The molecule has 2 rings (SSSR count). The topological polar surface area (TPSA) is 127 Å². The Morgan fingerprint density at radius 1 is 1.43 bits per heavy atom. The van der Waals surface area contributed by atoms with Crippen LogP contribution >= 0.6 is 0 Å². The van der Waals surface area contributed by atoms with Crippen molar-refractivity contribution in [3.05, 3.63) is 57.9 Å². The summed E-state index contributed by atoms with van der Waals surface area (Å²) in [5.41, 5.74) is 2.34. The number of ether oxygens (including phenoxy) is 1. The van der Waals surface area contributed by atoms with Crippen LogP contribution in [0, 0.1) is 10.1 Å². The van der Waals surface area contributed by atoms with Crippen molar-refractivity contribution >= 4 is 17.8 Å². The zero-order valence-corrected chi connectivity index (χ0v) is 12.0. The van der Waals surface area contributed by atoms with Gasteiger partial charge >= 0.3 is 0 Å². The molecular weight excluding hydrogens is 304 g/mol. The summed E-state index contributed by atoms with van der Waals surface area (Å²) in [5, 5.41) is 24.4. The Labute approximate surface area is 130 Å². The monoisotopic (exact) mass is 316 g/mol. The van der Waals surface area contributed by atoms with Crippen molar-refractivity contribution in [1.29, 1.82) is 0 Å². The number of nitrogens with one attached hydrogen (secondary N) is 1. The molecule has 9 heteroatoms. The predicted octanol–water partition coefficient (Wildman–Crippen LogP) is 1.47. The number of nitrogens with zero attached hydrogens (tertiary/aromatic N) is 3. The predicted molar refractivity (Wildman–Crippen MR) is 80.6 cm³/mol. The fourth-order valence-corrected chi connectivity index (χ4v) is 1.70. The Kier molecular flexibility index (Phi) is 4.82. The van der Waals surface area contributed by atoms with Crippen molar-refractivity contribution in [1.82, 2.24) is 10.4 Å². The molecule has 0 spiro atoms. The number of carbonyl (C=O) groups excluding carboxylic acids is 1. The quantitative estimate of drug-likeness (QED) is 0.488. The third kappa shape index (κ3) is 3.79. The zero-order valence-electron chi connectivity index (χ0n) is 12.0. The minimum atomic E-state index is -0.630. The van der Waals surface area contributed by atoms with Crippen molar-refractivity contribution in [3.8, 4) is 11.5 Å². The molecule has 0 saturated heterocycles. The van der Waals surface area contributed by atoms with Crippen LogP contribution in [-0.2, 0) is 0 Å². The van der Waals surface area contributed by atoms with E-state index in [9.17, 15) is 20.0 Å². The van der Waals surface area contributed by atoms with Gasteiger partial charge in [-0.15, -0.1) is 0 Å². The van der Waals surface area contributed by atoms with Crippen LogP contribution in [0.5, 0.6) is 11.5 Å². The second kappa shape index (κ2) is 6.98. The highest BCUT2D eigenvalue weighted by molar-refractivity contribution is 5.95. The number of benzene rings is 1. The third-order valence-corrected chi connectivity index (χ3v) is 2.83. The van der Waals surface area contributed by atoms with Gasteiger partial charge in [0.15, 0.2) is 11.5 Å². The summed E-state index contributed by atoms with van der Waals surface area (Å²) in [4.78, 5) is 25.8. The SMILES string of the molecule is COc1cc([N+](=O)[O-])cc(/C=N\NC(=O)c2ccncc2)c1O. The number of aromatic nitrogens is 1. The lowest BCUT2D eigenvalue weighted by Crippen LogP contribution is -2.17. The van der Waals surface area contributed by atoms with Gasteiger partial charge in [0.1, 0.15) is 0 Å². The van der Waals surface area contributed by atoms with Crippen molar-refractivity contribution in [3.63, 3.8) is 0 Å². The molecule has 0 atom stereocenters. The number of non-ortho nitro benzene ring substituents is 1. The number of phenolic OH excluding ortho intramolecular Hbond substituents is 1. The lowest BCUT2D eigenvalue weighted by Gasteiger charge is -2.06. The van der Waals surface area contributed by atoms with Gasteiger partial charge in [0.05, 0.1) is 24.3 Å². The minimum absolute atomic E-state index is 0.0334. The maximum absolute atomic E-state index is 11.8. The van der Waals surface area contributed by atoms with E-state index in [-0.39, 0.29) is 22.7 Å². The molecule has 0 aliphatic rings. The Hall–Kier alpha value is -3.49. The molecule has 0 unspecified atom stereocenters. The van der Waals surface area contributed by atoms with E-state index in [1.54, 1.807) is 0 Å². The second-order valence-electron chi connectivity index (χ2n) is 4.28. The Balaban J connectivity index is 2.20. The first kappa shape index (κ1) is 15.9. The normalized spacial score (nSPS) is 10.5. The highest BCUT2D eigenvalue weighted by Gasteiger charge is 2.15. The van der Waals surface area contributed by atoms with Crippen LogP contribution in [0.15, 0.2) is 41.8 Å². The molecule has 0 radical (unpaired) electrons. The van der Waals surface area contributed by atoms with Gasteiger partial charge in [-0.25, -0.2) is 5.43 Å². The van der Waals surface area contributed by atoms with Gasteiger partial charge < -0.3 is 9.84 Å². The number of nitro benzene ring substituents is 1. The summed E-state index contributed by atoms with van der Waals surface area (Å²) >= 11 is 0. The van der Waals surface area contributed by atoms with Crippen LogP contribution in [-0.4, -0.2) is 34.2 Å². The molecular formula is C14H12N4O5. The standard InChI is InChI=1S/C14H12N4O5/c1-23-12-7-11(18(21)22)6-10(13(12)19)8-16-17-14(20)9-2-4-15-5-3-9/h2-8,19H,1H3,(H,17,20)/b16-8-. The molecule has 0 fully saturated rings. The first-order valence-electron chi connectivity index (χ1n) is 6.31. The zero-order chi connectivity index (χ0) is 16.8. The van der Waals surface area contributed by atoms with E-state index in [0.29, 0.717) is 5.56 Å². The number of methoxy groups -OCH3 is 1. The Bertz CT molecular complexity index is 761. The number of rotatable bonds is 5. The lowest BCUT2D eigenvalue weighted by atomic mass is 10.2. The maximum atomic E-state index is 11.8. The van der Waals surface area contributed by atoms with Gasteiger partial charge in [0.2, 0.25) is 0 Å². The van der Waals surface area contributed by atoms with Gasteiger partial charge in [-0.3, -0.25) is 19.9 Å².